The molecule has 21 heavy (non-hydrogen) atoms. The molecule has 3 rings (SSSR count). The van der Waals surface area contributed by atoms with Gasteiger partial charge in [-0.05, 0) is 49.3 Å². The van der Waals surface area contributed by atoms with Crippen molar-refractivity contribution >= 4 is 28.6 Å². The molecule has 1 aliphatic carbocycles. The van der Waals surface area contributed by atoms with Crippen LogP contribution in [0.3, 0.4) is 0 Å². The van der Waals surface area contributed by atoms with Crippen molar-refractivity contribution in [3.63, 3.8) is 0 Å². The molecule has 1 aromatic heterocycles. The Morgan fingerprint density at radius 1 is 1.24 bits per heavy atom. The van der Waals surface area contributed by atoms with Gasteiger partial charge >= 0.3 is 0 Å². The predicted molar refractivity (Wildman–Crippen MR) is 86.4 cm³/mol. The molecule has 1 aromatic carbocycles. The number of hydrogen-bond donors (Lipinski definition) is 0. The first-order valence-corrected chi connectivity index (χ1v) is 8.37. The second kappa shape index (κ2) is 6.16. The third kappa shape index (κ3) is 3.27. The molecule has 5 heteroatoms. The number of alkyl halides is 1. The average Bonchev–Trinajstić information content (AvgIpc) is 2.92. The summed E-state index contributed by atoms with van der Waals surface area (Å²) in [6.45, 7) is 0. The van der Waals surface area contributed by atoms with E-state index < -0.39 is 0 Å². The minimum absolute atomic E-state index is 0.0537. The highest BCUT2D eigenvalue weighted by molar-refractivity contribution is 7.12. The smallest absolute Gasteiger partial charge is 0.258 e. The number of non-ortho nitro benzene ring substituents is 1. The fraction of sp³-hybridized carbons (Fsp3) is 0.375. The van der Waals surface area contributed by atoms with Gasteiger partial charge in [-0.25, -0.2) is 0 Å². The standard InChI is InChI=1S/C16H16ClNO2S/c17-14(9-11-5-7-13(8-6-11)18(19)20)16-10-12-3-1-2-4-15(12)21-16/h5-8,10,14H,1-4,9H2. The third-order valence-electron chi connectivity index (χ3n) is 3.89. The van der Waals surface area contributed by atoms with Gasteiger partial charge in [0.15, 0.2) is 0 Å². The molecule has 1 atom stereocenters. The van der Waals surface area contributed by atoms with Crippen LogP contribution in [0.2, 0.25) is 0 Å². The van der Waals surface area contributed by atoms with E-state index in [1.54, 1.807) is 24.3 Å². The summed E-state index contributed by atoms with van der Waals surface area (Å²) in [4.78, 5) is 13.0. The van der Waals surface area contributed by atoms with Crippen LogP contribution >= 0.6 is 22.9 Å². The van der Waals surface area contributed by atoms with Crippen molar-refractivity contribution in [2.45, 2.75) is 37.5 Å². The second-order valence-corrected chi connectivity index (χ2v) is 7.09. The predicted octanol–water partition coefficient (Wildman–Crippen LogP) is 5.06. The van der Waals surface area contributed by atoms with Gasteiger partial charge < -0.3 is 0 Å². The molecule has 0 amide bonds. The lowest BCUT2D eigenvalue weighted by molar-refractivity contribution is -0.384. The molecule has 110 valence electrons. The molecule has 0 saturated carbocycles. The minimum atomic E-state index is -0.380. The quantitative estimate of drug-likeness (QED) is 0.449. The highest BCUT2D eigenvalue weighted by Crippen LogP contribution is 2.36. The number of nitrogens with zero attached hydrogens (tertiary/aromatic N) is 1. The molecule has 3 nitrogen and oxygen atoms in total. The van der Waals surface area contributed by atoms with Crippen LogP contribution in [0.25, 0.3) is 0 Å². The fourth-order valence-corrected chi connectivity index (χ4v) is 4.34. The summed E-state index contributed by atoms with van der Waals surface area (Å²) in [7, 11) is 0. The van der Waals surface area contributed by atoms with E-state index in [2.05, 4.69) is 6.07 Å². The Labute approximate surface area is 132 Å². The van der Waals surface area contributed by atoms with E-state index in [0.717, 1.165) is 5.56 Å². The van der Waals surface area contributed by atoms with Crippen LogP contribution in [-0.2, 0) is 19.3 Å². The minimum Gasteiger partial charge on any atom is -0.258 e. The lowest BCUT2D eigenvalue weighted by atomic mass is 9.99. The SMILES string of the molecule is O=[N+]([O-])c1ccc(CC(Cl)c2cc3c(s2)CCCC3)cc1. The molecule has 1 unspecified atom stereocenters. The first kappa shape index (κ1) is 14.5. The first-order chi connectivity index (χ1) is 10.1. The summed E-state index contributed by atoms with van der Waals surface area (Å²) < 4.78 is 0. The maximum Gasteiger partial charge on any atom is 0.269 e. The van der Waals surface area contributed by atoms with Crippen molar-refractivity contribution in [2.75, 3.05) is 0 Å². The van der Waals surface area contributed by atoms with E-state index in [1.165, 1.54) is 41.0 Å². The van der Waals surface area contributed by atoms with Gasteiger partial charge in [0.2, 0.25) is 0 Å². The van der Waals surface area contributed by atoms with Gasteiger partial charge in [0.05, 0.1) is 10.3 Å². The van der Waals surface area contributed by atoms with Crippen LogP contribution in [0, 0.1) is 10.1 Å². The summed E-state index contributed by atoms with van der Waals surface area (Å²) in [5, 5.41) is 10.6. The van der Waals surface area contributed by atoms with Crippen molar-refractivity contribution in [3.05, 3.63) is 61.3 Å². The number of nitro groups is 1. The van der Waals surface area contributed by atoms with E-state index in [9.17, 15) is 10.1 Å². The van der Waals surface area contributed by atoms with Crippen molar-refractivity contribution in [3.8, 4) is 0 Å². The number of halogens is 1. The third-order valence-corrected chi connectivity index (χ3v) is 5.76. The number of nitro benzene ring substituents is 1. The molecule has 0 aliphatic heterocycles. The van der Waals surface area contributed by atoms with Gasteiger partial charge in [0.1, 0.15) is 0 Å². The van der Waals surface area contributed by atoms with Crippen LogP contribution in [0.1, 0.15) is 39.1 Å². The second-order valence-electron chi connectivity index (χ2n) is 5.40. The number of aryl methyl sites for hydroxylation is 2. The molecular formula is C16H16ClNO2S. The Morgan fingerprint density at radius 3 is 2.62 bits per heavy atom. The Morgan fingerprint density at radius 2 is 1.95 bits per heavy atom. The highest BCUT2D eigenvalue weighted by Gasteiger charge is 2.18. The largest absolute Gasteiger partial charge is 0.269 e. The molecule has 0 fully saturated rings. The molecule has 0 radical (unpaired) electrons. The molecule has 2 aromatic rings. The van der Waals surface area contributed by atoms with Crippen LogP contribution in [-0.4, -0.2) is 4.92 Å². The summed E-state index contributed by atoms with van der Waals surface area (Å²) in [6.07, 6.45) is 5.62. The Kier molecular flexibility index (Phi) is 4.27. The highest BCUT2D eigenvalue weighted by atomic mass is 35.5. The number of rotatable bonds is 4. The monoisotopic (exact) mass is 321 g/mol. The van der Waals surface area contributed by atoms with E-state index in [-0.39, 0.29) is 16.0 Å². The van der Waals surface area contributed by atoms with Crippen molar-refractivity contribution in [2.24, 2.45) is 0 Å². The lowest BCUT2D eigenvalue weighted by Gasteiger charge is -2.08. The molecule has 0 saturated heterocycles. The van der Waals surface area contributed by atoms with Gasteiger partial charge in [-0.3, -0.25) is 10.1 Å². The topological polar surface area (TPSA) is 43.1 Å². The Balaban J connectivity index is 1.72. The van der Waals surface area contributed by atoms with Gasteiger partial charge in [0.25, 0.3) is 5.69 Å². The van der Waals surface area contributed by atoms with E-state index in [1.807, 2.05) is 11.3 Å². The van der Waals surface area contributed by atoms with E-state index in [4.69, 9.17) is 11.6 Å². The number of fused-ring (bicyclic) bond motifs is 1. The van der Waals surface area contributed by atoms with Gasteiger partial charge in [-0.2, -0.15) is 0 Å². The summed E-state index contributed by atoms with van der Waals surface area (Å²) >= 11 is 8.37. The number of hydrogen-bond acceptors (Lipinski definition) is 3. The first-order valence-electron chi connectivity index (χ1n) is 7.12. The van der Waals surface area contributed by atoms with Gasteiger partial charge in [-0.1, -0.05) is 12.1 Å². The van der Waals surface area contributed by atoms with E-state index in [0.29, 0.717) is 6.42 Å². The zero-order valence-corrected chi connectivity index (χ0v) is 13.1. The summed E-state index contributed by atoms with van der Waals surface area (Å²) in [5.41, 5.74) is 2.62. The van der Waals surface area contributed by atoms with Crippen molar-refractivity contribution in [1.29, 1.82) is 0 Å². The van der Waals surface area contributed by atoms with Crippen LogP contribution in [0.15, 0.2) is 30.3 Å². The van der Waals surface area contributed by atoms with Crippen LogP contribution in [0.4, 0.5) is 5.69 Å². The zero-order valence-electron chi connectivity index (χ0n) is 11.5. The lowest BCUT2D eigenvalue weighted by Crippen LogP contribution is -1.96. The molecular weight excluding hydrogens is 306 g/mol. The molecule has 0 bridgehead atoms. The normalized spacial score (nSPS) is 15.5. The Hall–Kier alpha value is -1.39. The van der Waals surface area contributed by atoms with Crippen molar-refractivity contribution < 1.29 is 4.92 Å². The molecule has 0 spiro atoms. The molecule has 1 aliphatic rings. The van der Waals surface area contributed by atoms with Crippen LogP contribution in [0.5, 0.6) is 0 Å². The van der Waals surface area contributed by atoms with E-state index >= 15 is 0 Å². The fourth-order valence-electron chi connectivity index (χ4n) is 2.73. The Bertz CT molecular complexity index is 627. The molecule has 1 heterocycles. The summed E-state index contributed by atoms with van der Waals surface area (Å²) in [6, 6.07) is 8.92. The summed E-state index contributed by atoms with van der Waals surface area (Å²) in [5.74, 6) is 0. The van der Waals surface area contributed by atoms with Crippen molar-refractivity contribution in [1.82, 2.24) is 0 Å². The molecule has 0 N–H and O–H groups in total. The zero-order chi connectivity index (χ0) is 14.8. The number of benzene rings is 1. The maximum absolute atomic E-state index is 10.6. The van der Waals surface area contributed by atoms with Gasteiger partial charge in [0, 0.05) is 21.9 Å². The van der Waals surface area contributed by atoms with Crippen LogP contribution < -0.4 is 0 Å². The average molecular weight is 322 g/mol. The maximum atomic E-state index is 10.6. The number of thiophene rings is 1. The van der Waals surface area contributed by atoms with Gasteiger partial charge in [-0.15, -0.1) is 22.9 Å².